The molecule has 1 fully saturated rings. The summed E-state index contributed by atoms with van der Waals surface area (Å²) in [5.41, 5.74) is 3.74. The molecule has 2 aliphatic rings. The summed E-state index contributed by atoms with van der Waals surface area (Å²) >= 11 is 5.58. The highest BCUT2D eigenvalue weighted by Crippen LogP contribution is 2.43. The van der Waals surface area contributed by atoms with Crippen molar-refractivity contribution >= 4 is 45.9 Å². The summed E-state index contributed by atoms with van der Waals surface area (Å²) in [6.07, 6.45) is 2.20. The average Bonchev–Trinajstić information content (AvgIpc) is 3.26. The number of carbonyl (C=O) groups is 1. The van der Waals surface area contributed by atoms with Crippen LogP contribution in [0.4, 0.5) is 5.13 Å². The molecule has 1 saturated heterocycles. The summed E-state index contributed by atoms with van der Waals surface area (Å²) in [4.78, 5) is 20.7. The maximum Gasteiger partial charge on any atom is 0.264 e. The van der Waals surface area contributed by atoms with Crippen LogP contribution < -0.4 is 10.1 Å². The predicted molar refractivity (Wildman–Crippen MR) is 139 cm³/mol. The van der Waals surface area contributed by atoms with Gasteiger partial charge in [-0.3, -0.25) is 15.0 Å². The van der Waals surface area contributed by atoms with Gasteiger partial charge in [0.15, 0.2) is 11.7 Å². The zero-order valence-corrected chi connectivity index (χ0v) is 20.8. The van der Waals surface area contributed by atoms with Gasteiger partial charge in [0.1, 0.15) is 5.75 Å². The van der Waals surface area contributed by atoms with Crippen LogP contribution in [0, 0.1) is 0 Å². The molecule has 5 rings (SSSR count). The van der Waals surface area contributed by atoms with E-state index in [9.17, 15) is 4.79 Å². The summed E-state index contributed by atoms with van der Waals surface area (Å²) in [5, 5.41) is 3.58. The lowest BCUT2D eigenvalue weighted by molar-refractivity contribution is -0.118. The Balaban J connectivity index is 1.11. The topological polar surface area (TPSA) is 54.5 Å². The molecule has 1 N–H and O–H groups in total. The molecule has 1 aromatic heterocycles. The summed E-state index contributed by atoms with van der Waals surface area (Å²) in [6.45, 7) is 2.77. The normalized spacial score (nSPS) is 16.8. The second-order valence-corrected chi connectivity index (χ2v) is 12.0. The molecule has 0 saturated carbocycles. The quantitative estimate of drug-likeness (QED) is 0.459. The van der Waals surface area contributed by atoms with Crippen molar-refractivity contribution < 1.29 is 9.53 Å². The summed E-state index contributed by atoms with van der Waals surface area (Å²) in [5.74, 6) is 2.99. The monoisotopic (exact) mass is 497 g/mol. The van der Waals surface area contributed by atoms with E-state index in [0.717, 1.165) is 37.5 Å². The first-order chi connectivity index (χ1) is 16.2. The fourth-order valence-corrected chi connectivity index (χ4v) is 7.95. The zero-order chi connectivity index (χ0) is 22.5. The van der Waals surface area contributed by atoms with Crippen LogP contribution >= 0.6 is 34.9 Å². The molecule has 2 aromatic carbocycles. The van der Waals surface area contributed by atoms with E-state index in [1.807, 2.05) is 41.7 Å². The van der Waals surface area contributed by atoms with E-state index in [1.54, 1.807) is 11.3 Å². The molecule has 0 radical (unpaired) electrons. The number of ether oxygens (including phenoxy) is 1. The molecule has 1 amide bonds. The number of thioether (sulfide) groups is 2. The van der Waals surface area contributed by atoms with E-state index < -0.39 is 0 Å². The van der Waals surface area contributed by atoms with Crippen LogP contribution in [0.5, 0.6) is 5.75 Å². The van der Waals surface area contributed by atoms with E-state index >= 15 is 0 Å². The van der Waals surface area contributed by atoms with Crippen LogP contribution in [0.15, 0.2) is 54.6 Å². The Morgan fingerprint density at radius 2 is 1.88 bits per heavy atom. The summed E-state index contributed by atoms with van der Waals surface area (Å²) < 4.78 is 6.22. The van der Waals surface area contributed by atoms with Crippen LogP contribution in [0.3, 0.4) is 0 Å². The van der Waals surface area contributed by atoms with Gasteiger partial charge in [0.2, 0.25) is 0 Å². The van der Waals surface area contributed by atoms with E-state index in [-0.39, 0.29) is 12.5 Å². The lowest BCUT2D eigenvalue weighted by Crippen LogP contribution is -2.29. The molecule has 2 aliphatic heterocycles. The third-order valence-corrected chi connectivity index (χ3v) is 9.67. The number of carbonyl (C=O) groups excluding carboxylic acids is 1. The van der Waals surface area contributed by atoms with E-state index in [1.165, 1.54) is 33.9 Å². The number of fused-ring (bicyclic) bond motifs is 1. The highest BCUT2D eigenvalue weighted by Gasteiger charge is 2.22. The van der Waals surface area contributed by atoms with Gasteiger partial charge in [0.05, 0.1) is 10.3 Å². The second kappa shape index (κ2) is 11.0. The molecule has 0 atom stereocenters. The Kier molecular flexibility index (Phi) is 7.56. The van der Waals surface area contributed by atoms with Crippen LogP contribution in [0.2, 0.25) is 0 Å². The van der Waals surface area contributed by atoms with Crippen molar-refractivity contribution in [1.82, 2.24) is 9.88 Å². The van der Waals surface area contributed by atoms with Crippen molar-refractivity contribution in [2.24, 2.45) is 0 Å². The highest BCUT2D eigenvalue weighted by atomic mass is 32.2. The standard InChI is InChI=1S/C25H27N3O2S3/c29-23(17-30-20-9-7-19(8-10-20)24-31-13-4-14-32-24)27-25-26-21-11-12-28(16-22(21)33-25)15-18-5-2-1-3-6-18/h1-3,5-10,24H,4,11-17H2,(H,26,27,29). The molecule has 0 bridgehead atoms. The molecule has 8 heteroatoms. The minimum Gasteiger partial charge on any atom is -0.484 e. The maximum absolute atomic E-state index is 12.4. The Morgan fingerprint density at radius 3 is 2.67 bits per heavy atom. The number of nitrogens with zero attached hydrogens (tertiary/aromatic N) is 2. The number of benzene rings is 2. The van der Waals surface area contributed by atoms with Crippen molar-refractivity contribution in [2.45, 2.75) is 30.5 Å². The van der Waals surface area contributed by atoms with Gasteiger partial charge in [0, 0.05) is 30.9 Å². The van der Waals surface area contributed by atoms with Crippen LogP contribution in [-0.4, -0.2) is 40.4 Å². The molecule has 3 heterocycles. The molecule has 3 aromatic rings. The third kappa shape index (κ3) is 6.12. The minimum atomic E-state index is -0.176. The summed E-state index contributed by atoms with van der Waals surface area (Å²) in [7, 11) is 0. The van der Waals surface area contributed by atoms with Gasteiger partial charge in [0.25, 0.3) is 5.91 Å². The first kappa shape index (κ1) is 22.8. The second-order valence-electron chi connectivity index (χ2n) is 8.17. The molecule has 5 nitrogen and oxygen atoms in total. The Labute approximate surface area is 207 Å². The van der Waals surface area contributed by atoms with Crippen molar-refractivity contribution in [3.05, 3.63) is 76.3 Å². The van der Waals surface area contributed by atoms with Crippen LogP contribution in [-0.2, 0) is 24.3 Å². The number of hydrogen-bond donors (Lipinski definition) is 1. The predicted octanol–water partition coefficient (Wildman–Crippen LogP) is 5.59. The van der Waals surface area contributed by atoms with Crippen molar-refractivity contribution in [3.63, 3.8) is 0 Å². The lowest BCUT2D eigenvalue weighted by Gasteiger charge is -2.25. The molecule has 33 heavy (non-hydrogen) atoms. The number of thiazole rings is 1. The summed E-state index contributed by atoms with van der Waals surface area (Å²) in [6, 6.07) is 18.7. The smallest absolute Gasteiger partial charge is 0.264 e. The fraction of sp³-hybridized carbons (Fsp3) is 0.360. The van der Waals surface area contributed by atoms with E-state index in [4.69, 9.17) is 4.74 Å². The zero-order valence-electron chi connectivity index (χ0n) is 18.4. The van der Waals surface area contributed by atoms with Gasteiger partial charge in [-0.15, -0.1) is 34.9 Å². The minimum absolute atomic E-state index is 0.0172. The van der Waals surface area contributed by atoms with Crippen LogP contribution in [0.1, 0.15) is 32.7 Å². The Hall–Kier alpha value is -2.00. The Morgan fingerprint density at radius 1 is 1.09 bits per heavy atom. The first-order valence-electron chi connectivity index (χ1n) is 11.2. The fourth-order valence-electron chi connectivity index (χ4n) is 3.98. The van der Waals surface area contributed by atoms with Gasteiger partial charge < -0.3 is 4.74 Å². The molecular formula is C25H27N3O2S3. The van der Waals surface area contributed by atoms with Crippen molar-refractivity contribution in [1.29, 1.82) is 0 Å². The molecular weight excluding hydrogens is 470 g/mol. The van der Waals surface area contributed by atoms with Gasteiger partial charge in [-0.05, 0) is 41.2 Å². The SMILES string of the molecule is O=C(COc1ccc(C2SCCCS2)cc1)Nc1nc2c(s1)CN(Cc1ccccc1)CC2. The Bertz CT molecular complexity index is 1070. The largest absolute Gasteiger partial charge is 0.484 e. The molecule has 0 aliphatic carbocycles. The lowest BCUT2D eigenvalue weighted by atomic mass is 10.1. The van der Waals surface area contributed by atoms with Crippen LogP contribution in [0.25, 0.3) is 0 Å². The number of nitrogens with one attached hydrogen (secondary N) is 1. The first-order valence-corrected chi connectivity index (χ1v) is 14.1. The van der Waals surface area contributed by atoms with Gasteiger partial charge >= 0.3 is 0 Å². The number of hydrogen-bond acceptors (Lipinski definition) is 7. The number of rotatable bonds is 7. The number of aromatic nitrogens is 1. The number of anilines is 1. The maximum atomic E-state index is 12.4. The molecule has 0 unspecified atom stereocenters. The molecule has 172 valence electrons. The highest BCUT2D eigenvalue weighted by molar-refractivity contribution is 8.16. The van der Waals surface area contributed by atoms with Crippen molar-refractivity contribution in [3.8, 4) is 5.75 Å². The van der Waals surface area contributed by atoms with Gasteiger partial charge in [-0.2, -0.15) is 0 Å². The number of amides is 1. The van der Waals surface area contributed by atoms with E-state index in [0.29, 0.717) is 9.71 Å². The third-order valence-electron chi connectivity index (χ3n) is 5.65. The van der Waals surface area contributed by atoms with E-state index in [2.05, 4.69) is 51.6 Å². The van der Waals surface area contributed by atoms with Gasteiger partial charge in [-0.25, -0.2) is 4.98 Å². The van der Waals surface area contributed by atoms with Gasteiger partial charge in [-0.1, -0.05) is 42.5 Å². The van der Waals surface area contributed by atoms with Crippen molar-refractivity contribution in [2.75, 3.05) is 30.0 Å². The molecule has 0 spiro atoms. The average molecular weight is 498 g/mol.